The number of hydrogen-bond donors (Lipinski definition) is 0. The first-order chi connectivity index (χ1) is 7.13. The molecule has 0 spiro atoms. The van der Waals surface area contributed by atoms with Crippen LogP contribution >= 0.6 is 11.8 Å². The number of aryl methyl sites for hydroxylation is 2. The van der Waals surface area contributed by atoms with Crippen molar-refractivity contribution in [1.82, 2.24) is 9.78 Å². The number of nitrogens with zero attached hydrogens (tertiary/aromatic N) is 2. The van der Waals surface area contributed by atoms with E-state index < -0.39 is 0 Å². The third-order valence-corrected chi connectivity index (χ3v) is 3.13. The summed E-state index contributed by atoms with van der Waals surface area (Å²) in [6, 6.07) is 2.04. The summed E-state index contributed by atoms with van der Waals surface area (Å²) in [7, 11) is 3.34. The van der Waals surface area contributed by atoms with Crippen LogP contribution in [-0.2, 0) is 16.6 Å². The van der Waals surface area contributed by atoms with Gasteiger partial charge in [-0.2, -0.15) is 5.10 Å². The molecular formula is C10H16N2O2S. The van der Waals surface area contributed by atoms with E-state index in [2.05, 4.69) is 9.84 Å². The summed E-state index contributed by atoms with van der Waals surface area (Å²) >= 11 is 1.71. The summed E-state index contributed by atoms with van der Waals surface area (Å²) in [6.07, 6.45) is 1.32. The molecule has 0 radical (unpaired) electrons. The summed E-state index contributed by atoms with van der Waals surface area (Å²) < 4.78 is 6.42. The van der Waals surface area contributed by atoms with E-state index in [9.17, 15) is 4.79 Å². The van der Waals surface area contributed by atoms with Gasteiger partial charge in [-0.05, 0) is 19.4 Å². The normalized spacial score (nSPS) is 10.3. The van der Waals surface area contributed by atoms with Crippen molar-refractivity contribution in [3.05, 3.63) is 11.8 Å². The van der Waals surface area contributed by atoms with Crippen LogP contribution in [0.25, 0.3) is 0 Å². The Morgan fingerprint density at radius 2 is 2.40 bits per heavy atom. The fourth-order valence-electron chi connectivity index (χ4n) is 1.22. The summed E-state index contributed by atoms with van der Waals surface area (Å²) in [5.41, 5.74) is 1.02. The monoisotopic (exact) mass is 228 g/mol. The number of rotatable bonds is 5. The molecule has 0 atom stereocenters. The zero-order valence-electron chi connectivity index (χ0n) is 9.32. The van der Waals surface area contributed by atoms with Gasteiger partial charge in [0, 0.05) is 19.2 Å². The van der Waals surface area contributed by atoms with Crippen molar-refractivity contribution in [2.75, 3.05) is 12.9 Å². The fraction of sp³-hybridized carbons (Fsp3) is 0.600. The number of hydrogen-bond acceptors (Lipinski definition) is 4. The minimum absolute atomic E-state index is 0.142. The van der Waals surface area contributed by atoms with Crippen LogP contribution in [0.1, 0.15) is 18.5 Å². The molecule has 0 bridgehead atoms. The van der Waals surface area contributed by atoms with Gasteiger partial charge in [0.1, 0.15) is 0 Å². The number of esters is 1. The zero-order chi connectivity index (χ0) is 11.3. The molecule has 0 aromatic carbocycles. The molecule has 0 aliphatic carbocycles. The molecule has 0 fully saturated rings. The maximum Gasteiger partial charge on any atom is 0.305 e. The molecule has 0 amide bonds. The highest BCUT2D eigenvalue weighted by Crippen LogP contribution is 2.19. The lowest BCUT2D eigenvalue weighted by Crippen LogP contribution is -2.00. The second kappa shape index (κ2) is 5.80. The highest BCUT2D eigenvalue weighted by atomic mass is 32.2. The molecule has 1 aromatic rings. The van der Waals surface area contributed by atoms with Crippen molar-refractivity contribution in [2.45, 2.75) is 24.8 Å². The molecule has 1 heterocycles. The maximum atomic E-state index is 10.8. The van der Waals surface area contributed by atoms with E-state index in [1.807, 2.05) is 24.7 Å². The van der Waals surface area contributed by atoms with Crippen LogP contribution in [0.3, 0.4) is 0 Å². The van der Waals surface area contributed by atoms with Crippen molar-refractivity contribution in [2.24, 2.45) is 7.05 Å². The van der Waals surface area contributed by atoms with Crippen molar-refractivity contribution in [3.63, 3.8) is 0 Å². The lowest BCUT2D eigenvalue weighted by molar-refractivity contribution is -0.140. The van der Waals surface area contributed by atoms with Gasteiger partial charge in [0.25, 0.3) is 0 Å². The molecule has 0 aliphatic heterocycles. The molecule has 15 heavy (non-hydrogen) atoms. The SMILES string of the molecule is COC(=O)CCCSc1cc(C)nn1C. The van der Waals surface area contributed by atoms with E-state index in [1.54, 1.807) is 11.8 Å². The van der Waals surface area contributed by atoms with Crippen molar-refractivity contribution < 1.29 is 9.53 Å². The molecule has 0 saturated carbocycles. The number of ether oxygens (including phenoxy) is 1. The summed E-state index contributed by atoms with van der Waals surface area (Å²) in [5, 5.41) is 5.38. The quantitative estimate of drug-likeness (QED) is 0.438. The van der Waals surface area contributed by atoms with E-state index in [1.165, 1.54) is 7.11 Å². The van der Waals surface area contributed by atoms with Crippen LogP contribution in [-0.4, -0.2) is 28.6 Å². The highest BCUT2D eigenvalue weighted by molar-refractivity contribution is 7.99. The predicted molar refractivity (Wildman–Crippen MR) is 59.9 cm³/mol. The Labute approximate surface area is 94.0 Å². The van der Waals surface area contributed by atoms with E-state index in [-0.39, 0.29) is 5.97 Å². The number of methoxy groups -OCH3 is 1. The second-order valence-electron chi connectivity index (χ2n) is 3.28. The minimum Gasteiger partial charge on any atom is -0.469 e. The fourth-order valence-corrected chi connectivity index (χ4v) is 2.20. The Morgan fingerprint density at radius 3 is 2.93 bits per heavy atom. The molecule has 4 nitrogen and oxygen atoms in total. The van der Waals surface area contributed by atoms with E-state index >= 15 is 0 Å². The zero-order valence-corrected chi connectivity index (χ0v) is 10.1. The van der Waals surface area contributed by atoms with Gasteiger partial charge in [0.05, 0.1) is 17.8 Å². The van der Waals surface area contributed by atoms with Gasteiger partial charge in [-0.1, -0.05) is 0 Å². The van der Waals surface area contributed by atoms with Crippen molar-refractivity contribution in [3.8, 4) is 0 Å². The van der Waals surface area contributed by atoms with Crippen LogP contribution in [0.5, 0.6) is 0 Å². The topological polar surface area (TPSA) is 44.1 Å². The molecule has 1 rings (SSSR count). The van der Waals surface area contributed by atoms with Gasteiger partial charge < -0.3 is 4.74 Å². The Morgan fingerprint density at radius 1 is 1.67 bits per heavy atom. The van der Waals surface area contributed by atoms with Crippen LogP contribution in [0.2, 0.25) is 0 Å². The molecule has 84 valence electrons. The Bertz CT molecular complexity index is 336. The van der Waals surface area contributed by atoms with Crippen molar-refractivity contribution >= 4 is 17.7 Å². The number of carbonyl (C=O) groups excluding carboxylic acids is 1. The molecule has 1 aromatic heterocycles. The molecular weight excluding hydrogens is 212 g/mol. The molecule has 0 N–H and O–H groups in total. The average molecular weight is 228 g/mol. The van der Waals surface area contributed by atoms with E-state index in [4.69, 9.17) is 0 Å². The van der Waals surface area contributed by atoms with Crippen LogP contribution in [0.4, 0.5) is 0 Å². The first kappa shape index (κ1) is 12.1. The molecule has 0 saturated heterocycles. The van der Waals surface area contributed by atoms with Crippen LogP contribution in [0, 0.1) is 6.92 Å². The first-order valence-corrected chi connectivity index (χ1v) is 5.82. The Hall–Kier alpha value is -0.970. The molecule has 5 heteroatoms. The summed E-state index contributed by atoms with van der Waals surface area (Å²) in [6.45, 7) is 1.97. The molecule has 0 unspecified atom stereocenters. The van der Waals surface area contributed by atoms with Gasteiger partial charge >= 0.3 is 5.97 Å². The number of thioether (sulfide) groups is 1. The second-order valence-corrected chi connectivity index (χ2v) is 4.39. The largest absolute Gasteiger partial charge is 0.469 e. The summed E-state index contributed by atoms with van der Waals surface area (Å²) in [4.78, 5) is 10.8. The Kier molecular flexibility index (Phi) is 4.68. The van der Waals surface area contributed by atoms with Crippen LogP contribution < -0.4 is 0 Å². The Balaban J connectivity index is 2.26. The smallest absolute Gasteiger partial charge is 0.305 e. The van der Waals surface area contributed by atoms with Gasteiger partial charge in [0.2, 0.25) is 0 Å². The minimum atomic E-state index is -0.142. The standard InChI is InChI=1S/C10H16N2O2S/c1-8-7-9(12(2)11-8)15-6-4-5-10(13)14-3/h7H,4-6H2,1-3H3. The van der Waals surface area contributed by atoms with E-state index in [0.29, 0.717) is 6.42 Å². The van der Waals surface area contributed by atoms with Gasteiger partial charge in [-0.25, -0.2) is 0 Å². The van der Waals surface area contributed by atoms with Crippen molar-refractivity contribution in [1.29, 1.82) is 0 Å². The predicted octanol–water partition coefficient (Wildman–Crippen LogP) is 1.77. The third kappa shape index (κ3) is 3.95. The average Bonchev–Trinajstić information content (AvgIpc) is 2.52. The third-order valence-electron chi connectivity index (χ3n) is 1.96. The van der Waals surface area contributed by atoms with Gasteiger partial charge in [0.15, 0.2) is 0 Å². The van der Waals surface area contributed by atoms with Gasteiger partial charge in [-0.15, -0.1) is 11.8 Å². The van der Waals surface area contributed by atoms with E-state index in [0.717, 1.165) is 22.9 Å². The molecule has 0 aliphatic rings. The lowest BCUT2D eigenvalue weighted by Gasteiger charge is -2.01. The van der Waals surface area contributed by atoms with Gasteiger partial charge in [-0.3, -0.25) is 9.48 Å². The maximum absolute atomic E-state index is 10.8. The highest BCUT2D eigenvalue weighted by Gasteiger charge is 2.04. The number of aromatic nitrogens is 2. The first-order valence-electron chi connectivity index (χ1n) is 4.83. The number of carbonyl (C=O) groups is 1. The summed E-state index contributed by atoms with van der Waals surface area (Å²) in [5.74, 6) is 0.769. The lowest BCUT2D eigenvalue weighted by atomic mass is 10.3. The van der Waals surface area contributed by atoms with Crippen LogP contribution in [0.15, 0.2) is 11.1 Å².